The van der Waals surface area contributed by atoms with Gasteiger partial charge in [0.25, 0.3) is 11.5 Å². The number of aromatic nitrogens is 3. The summed E-state index contributed by atoms with van der Waals surface area (Å²) in [5.74, 6) is 4.77. The standard InChI is InChI=1S/C19H21N7O3/c1-10(2)14(9-27)26(21)19-24-17(15(16(20)28)18(29)25-19)23-12-5-6-13-11(8-12)4-3-7-22-13/h3-10,14H,21H2,1-2H3,(H2,20,28)(H2,23,24,25,29)/t14-/m0/s1. The largest absolute Gasteiger partial charge is 0.365 e. The molecule has 1 atom stereocenters. The Hall–Kier alpha value is -3.79. The molecule has 0 bridgehead atoms. The molecule has 10 nitrogen and oxygen atoms in total. The summed E-state index contributed by atoms with van der Waals surface area (Å²) in [6, 6.07) is 8.24. The summed E-state index contributed by atoms with van der Waals surface area (Å²) < 4.78 is 0. The summed E-state index contributed by atoms with van der Waals surface area (Å²) in [5.41, 5.74) is 5.61. The number of aromatic amines is 1. The van der Waals surface area contributed by atoms with Gasteiger partial charge in [-0.3, -0.25) is 24.6 Å². The van der Waals surface area contributed by atoms with Crippen LogP contribution in [0.25, 0.3) is 10.9 Å². The maximum Gasteiger partial charge on any atom is 0.267 e. The summed E-state index contributed by atoms with van der Waals surface area (Å²) in [7, 11) is 0. The maximum atomic E-state index is 12.5. The average Bonchev–Trinajstić information content (AvgIpc) is 2.67. The summed E-state index contributed by atoms with van der Waals surface area (Å²) in [5, 5.41) is 4.84. The van der Waals surface area contributed by atoms with Gasteiger partial charge in [-0.05, 0) is 30.2 Å². The predicted octanol–water partition coefficient (Wildman–Crippen LogP) is 1.06. The molecule has 0 aliphatic carbocycles. The molecule has 2 heterocycles. The van der Waals surface area contributed by atoms with Crippen LogP contribution in [0.3, 0.4) is 0 Å². The number of pyridine rings is 1. The predicted molar refractivity (Wildman–Crippen MR) is 110 cm³/mol. The van der Waals surface area contributed by atoms with E-state index in [0.29, 0.717) is 12.0 Å². The van der Waals surface area contributed by atoms with E-state index >= 15 is 0 Å². The third-order valence-corrected chi connectivity index (χ3v) is 4.41. The highest BCUT2D eigenvalue weighted by atomic mass is 16.2. The minimum Gasteiger partial charge on any atom is -0.365 e. The van der Waals surface area contributed by atoms with E-state index in [1.54, 1.807) is 44.3 Å². The van der Waals surface area contributed by atoms with Crippen LogP contribution in [0.2, 0.25) is 0 Å². The number of carbonyl (C=O) groups is 2. The van der Waals surface area contributed by atoms with Crippen LogP contribution in [0.1, 0.15) is 24.2 Å². The van der Waals surface area contributed by atoms with Gasteiger partial charge in [0.15, 0.2) is 5.82 Å². The number of nitrogens with two attached hydrogens (primary N) is 2. The molecule has 29 heavy (non-hydrogen) atoms. The SMILES string of the molecule is CC(C)[C@H](C=O)N(N)c1nc(Nc2ccc3ncccc3c2)c(C(N)=O)c(=O)[nH]1. The molecule has 0 aliphatic rings. The van der Waals surface area contributed by atoms with Crippen molar-refractivity contribution in [2.45, 2.75) is 19.9 Å². The van der Waals surface area contributed by atoms with Gasteiger partial charge in [0.1, 0.15) is 17.9 Å². The normalized spacial score (nSPS) is 12.0. The summed E-state index contributed by atoms with van der Waals surface area (Å²) >= 11 is 0. The topological polar surface area (TPSA) is 160 Å². The van der Waals surface area contributed by atoms with E-state index in [-0.39, 0.29) is 23.2 Å². The fourth-order valence-corrected chi connectivity index (χ4v) is 2.88. The van der Waals surface area contributed by atoms with Crippen molar-refractivity contribution in [1.82, 2.24) is 15.0 Å². The van der Waals surface area contributed by atoms with Crippen LogP contribution in [0, 0.1) is 5.92 Å². The number of H-pyrrole nitrogens is 1. The van der Waals surface area contributed by atoms with Crippen molar-refractivity contribution in [3.63, 3.8) is 0 Å². The van der Waals surface area contributed by atoms with Crippen molar-refractivity contribution < 1.29 is 9.59 Å². The number of benzene rings is 1. The van der Waals surface area contributed by atoms with Gasteiger partial charge >= 0.3 is 0 Å². The Morgan fingerprint density at radius 3 is 2.72 bits per heavy atom. The number of nitrogens with zero attached hydrogens (tertiary/aromatic N) is 3. The van der Waals surface area contributed by atoms with Crippen molar-refractivity contribution in [3.05, 3.63) is 52.4 Å². The number of anilines is 3. The van der Waals surface area contributed by atoms with Crippen molar-refractivity contribution >= 4 is 40.5 Å². The third kappa shape index (κ3) is 4.06. The first-order chi connectivity index (χ1) is 13.8. The minimum atomic E-state index is -0.949. The third-order valence-electron chi connectivity index (χ3n) is 4.41. The number of nitrogens with one attached hydrogen (secondary N) is 2. The van der Waals surface area contributed by atoms with Crippen LogP contribution in [-0.2, 0) is 4.79 Å². The summed E-state index contributed by atoms with van der Waals surface area (Å²) in [4.78, 5) is 46.6. The molecule has 0 aliphatic heterocycles. The van der Waals surface area contributed by atoms with Gasteiger partial charge in [0, 0.05) is 17.3 Å². The smallest absolute Gasteiger partial charge is 0.267 e. The van der Waals surface area contributed by atoms with Crippen molar-refractivity contribution in [2.24, 2.45) is 17.5 Å². The van der Waals surface area contributed by atoms with E-state index < -0.39 is 17.5 Å². The molecule has 0 fully saturated rings. The van der Waals surface area contributed by atoms with E-state index in [0.717, 1.165) is 15.9 Å². The average molecular weight is 395 g/mol. The second kappa shape index (κ2) is 8.07. The molecule has 0 saturated heterocycles. The van der Waals surface area contributed by atoms with E-state index in [9.17, 15) is 14.4 Å². The first-order valence-electron chi connectivity index (χ1n) is 8.87. The molecule has 3 aromatic rings. The number of fused-ring (bicyclic) bond motifs is 1. The number of amides is 1. The van der Waals surface area contributed by atoms with Gasteiger partial charge in [0.05, 0.1) is 5.52 Å². The zero-order valence-electron chi connectivity index (χ0n) is 15.9. The number of hydrogen-bond donors (Lipinski definition) is 4. The molecule has 0 radical (unpaired) electrons. The van der Waals surface area contributed by atoms with Crippen LogP contribution in [0.4, 0.5) is 17.5 Å². The molecule has 2 aromatic heterocycles. The molecule has 0 saturated carbocycles. The van der Waals surface area contributed by atoms with E-state index in [2.05, 4.69) is 20.3 Å². The molecular weight excluding hydrogens is 374 g/mol. The molecule has 6 N–H and O–H groups in total. The molecule has 0 spiro atoms. The quantitative estimate of drug-likeness (QED) is 0.262. The summed E-state index contributed by atoms with van der Waals surface area (Å²) in [6.07, 6.45) is 2.34. The zero-order chi connectivity index (χ0) is 21.1. The van der Waals surface area contributed by atoms with E-state index in [1.807, 2.05) is 6.07 Å². The number of carbonyl (C=O) groups excluding carboxylic acids is 2. The minimum absolute atomic E-state index is 0.0663. The second-order valence-electron chi connectivity index (χ2n) is 6.79. The number of primary amides is 1. The first-order valence-corrected chi connectivity index (χ1v) is 8.87. The lowest BCUT2D eigenvalue weighted by Crippen LogP contribution is -2.47. The Bertz CT molecular complexity index is 1130. The summed E-state index contributed by atoms with van der Waals surface area (Å²) in [6.45, 7) is 3.61. The van der Waals surface area contributed by atoms with Crippen LogP contribution < -0.4 is 27.5 Å². The van der Waals surface area contributed by atoms with E-state index in [4.69, 9.17) is 11.6 Å². The Kier molecular flexibility index (Phi) is 5.55. The number of hydrazine groups is 1. The maximum absolute atomic E-state index is 12.5. The molecular formula is C19H21N7O3. The van der Waals surface area contributed by atoms with Crippen molar-refractivity contribution in [3.8, 4) is 0 Å². The van der Waals surface area contributed by atoms with Crippen LogP contribution in [0.5, 0.6) is 0 Å². The van der Waals surface area contributed by atoms with Crippen molar-refractivity contribution in [2.75, 3.05) is 10.3 Å². The number of rotatable bonds is 7. The highest BCUT2D eigenvalue weighted by Crippen LogP contribution is 2.22. The van der Waals surface area contributed by atoms with Gasteiger partial charge in [-0.25, -0.2) is 5.84 Å². The molecule has 0 unspecified atom stereocenters. The van der Waals surface area contributed by atoms with Crippen LogP contribution in [0.15, 0.2) is 41.3 Å². The van der Waals surface area contributed by atoms with Gasteiger partial charge in [-0.2, -0.15) is 4.98 Å². The molecule has 10 heteroatoms. The fourth-order valence-electron chi connectivity index (χ4n) is 2.88. The highest BCUT2D eigenvalue weighted by molar-refractivity contribution is 5.98. The Balaban J connectivity index is 2.07. The van der Waals surface area contributed by atoms with Crippen molar-refractivity contribution in [1.29, 1.82) is 0 Å². The molecule has 1 amide bonds. The lowest BCUT2D eigenvalue weighted by atomic mass is 10.1. The van der Waals surface area contributed by atoms with Gasteiger partial charge < -0.3 is 15.8 Å². The lowest BCUT2D eigenvalue weighted by molar-refractivity contribution is -0.109. The Labute approximate surface area is 165 Å². The first kappa shape index (κ1) is 20.0. The van der Waals surface area contributed by atoms with Crippen LogP contribution >= 0.6 is 0 Å². The Morgan fingerprint density at radius 1 is 1.31 bits per heavy atom. The van der Waals surface area contributed by atoms with Gasteiger partial charge in [-0.15, -0.1) is 0 Å². The van der Waals surface area contributed by atoms with E-state index in [1.165, 1.54) is 0 Å². The molecule has 1 aromatic carbocycles. The highest BCUT2D eigenvalue weighted by Gasteiger charge is 2.24. The second-order valence-corrected chi connectivity index (χ2v) is 6.79. The zero-order valence-corrected chi connectivity index (χ0v) is 15.9. The van der Waals surface area contributed by atoms with Crippen LogP contribution in [-0.4, -0.2) is 33.2 Å². The molecule has 3 rings (SSSR count). The lowest BCUT2D eigenvalue weighted by Gasteiger charge is -2.26. The number of hydrogen-bond acceptors (Lipinski definition) is 8. The molecule has 150 valence electrons. The fraction of sp³-hybridized carbons (Fsp3) is 0.211. The number of aldehydes is 1. The van der Waals surface area contributed by atoms with Gasteiger partial charge in [0.2, 0.25) is 5.95 Å². The monoisotopic (exact) mass is 395 g/mol. The van der Waals surface area contributed by atoms with Gasteiger partial charge in [-0.1, -0.05) is 19.9 Å². The Morgan fingerprint density at radius 2 is 2.07 bits per heavy atom.